The molecule has 0 aliphatic heterocycles. The van der Waals surface area contributed by atoms with E-state index in [0.29, 0.717) is 0 Å². The first-order chi connectivity index (χ1) is 4.46. The summed E-state index contributed by atoms with van der Waals surface area (Å²) in [7, 11) is 0. The third-order valence-corrected chi connectivity index (χ3v) is 0. The quantitative estimate of drug-likeness (QED) is 0.204. The Labute approximate surface area is 95.9 Å². The Morgan fingerprint density at radius 1 is 0.818 bits per heavy atom. The molecule has 0 fully saturated rings. The predicted octanol–water partition coefficient (Wildman–Crippen LogP) is -1.36. The molecule has 0 aliphatic rings. The van der Waals surface area contributed by atoms with E-state index >= 15 is 0 Å². The van der Waals surface area contributed by atoms with Gasteiger partial charge in [-0.05, 0) is 0 Å². The molecule has 0 aromatic heterocycles. The van der Waals surface area contributed by atoms with E-state index in [1.165, 1.54) is 0 Å². The average Bonchev–Trinajstić information content (AvgIpc) is 1.66. The Hall–Kier alpha value is 0.0442. The van der Waals surface area contributed by atoms with Crippen LogP contribution in [0.3, 0.4) is 0 Å². The second-order valence-electron chi connectivity index (χ2n) is 0.447. The molecule has 11 heavy (non-hydrogen) atoms. The van der Waals surface area contributed by atoms with Crippen molar-refractivity contribution in [2.45, 2.75) is 0 Å². The van der Waals surface area contributed by atoms with Crippen molar-refractivity contribution < 1.29 is 12.9 Å². The van der Waals surface area contributed by atoms with Crippen LogP contribution in [-0.2, 0) is 2.69 Å². The van der Waals surface area contributed by atoms with E-state index in [1.54, 1.807) is 0 Å². The van der Waals surface area contributed by atoms with Crippen LogP contribution in [0, 0.1) is 30.6 Å². The summed E-state index contributed by atoms with van der Waals surface area (Å²) in [6.07, 6.45) is 0. The van der Waals surface area contributed by atoms with E-state index in [0.717, 1.165) is 0 Å². The molecule has 0 spiro atoms. The molecule has 0 atom stereocenters. The van der Waals surface area contributed by atoms with Gasteiger partial charge in [0, 0.05) is 0 Å². The normalized spacial score (nSPS) is 4.73. The smallest absolute Gasteiger partial charge is 2.00 e. The summed E-state index contributed by atoms with van der Waals surface area (Å²) in [6, 6.07) is 0. The van der Waals surface area contributed by atoms with Crippen molar-refractivity contribution >= 4 is 53.1 Å². The van der Waals surface area contributed by atoms with Crippen LogP contribution < -0.4 is 0 Å². The molecule has 0 amide bonds. The Balaban J connectivity index is -0.0000000339. The fourth-order valence-corrected chi connectivity index (χ4v) is 0. The number of hydrogen-bond acceptors (Lipinski definition) is 7. The van der Waals surface area contributed by atoms with E-state index in [-0.39, 0.29) is 53.1 Å². The zero-order chi connectivity index (χ0) is 9.15. The third-order valence-electron chi connectivity index (χ3n) is 0. The maximum Gasteiger partial charge on any atom is 2.00 e. The summed E-state index contributed by atoms with van der Waals surface area (Å²) < 4.78 is 8.39. The minimum atomic E-state index is -1.75. The second kappa shape index (κ2) is 22.5. The maximum atomic E-state index is 8.39. The molecule has 0 bridgehead atoms. The minimum Gasteiger partial charge on any atom is 2.00 e. The van der Waals surface area contributed by atoms with Crippen LogP contribution in [0.5, 0.6) is 0 Å². The zero-order valence-electron chi connectivity index (χ0n) is 4.75. The van der Waals surface area contributed by atoms with Gasteiger partial charge in [0.05, 0.1) is 10.2 Å². The van der Waals surface area contributed by atoms with Gasteiger partial charge < -0.3 is 30.6 Å². The summed E-state index contributed by atoms with van der Waals surface area (Å²) >= 11 is 0.0556. The van der Waals surface area contributed by atoms with Gasteiger partial charge in [-0.3, -0.25) is 0 Å². The molecule has 0 saturated carbocycles. The van der Waals surface area contributed by atoms with E-state index in [1.807, 2.05) is 0 Å². The van der Waals surface area contributed by atoms with Crippen molar-refractivity contribution in [3.63, 3.8) is 0 Å². The molecular weight excluding hydrogens is 554 g/mol. The Bertz CT molecular complexity index is 82.6. The zero-order valence-corrected chi connectivity index (χ0v) is 12.5. The van der Waals surface area contributed by atoms with Crippen molar-refractivity contribution in [1.82, 2.24) is 0 Å². The van der Waals surface area contributed by atoms with Crippen molar-refractivity contribution in [2.75, 3.05) is 0 Å². The molecule has 0 aliphatic carbocycles. The first kappa shape index (κ1) is 22.5. The van der Waals surface area contributed by atoms with Gasteiger partial charge in [0.1, 0.15) is 0 Å². The number of nitrogens with zero attached hydrogens (tertiary/aromatic N) is 2. The molecule has 0 N–H and O–H groups in total. The Kier molecular flexibility index (Phi) is 45.9. The summed E-state index contributed by atoms with van der Waals surface area (Å²) in [5, 5.41) is 29.5. The van der Waals surface area contributed by atoms with E-state index < -0.39 is 10.2 Å². The van der Waals surface area contributed by atoms with Crippen LogP contribution in [0.2, 0.25) is 0 Å². The van der Waals surface area contributed by atoms with E-state index in [2.05, 4.69) is 0 Å². The molecular formula is N2O7Pb2. The first-order valence-electron chi connectivity index (χ1n) is 1.30. The van der Waals surface area contributed by atoms with Gasteiger partial charge in [-0.15, -0.1) is 0 Å². The predicted molar refractivity (Wildman–Crippen MR) is 32.9 cm³/mol. The SMILES string of the molecule is O=[N+]([O-])[O-].O=[N+]([O-])[O-].[O]=[Pb].[Pb+2]. The topological polar surface area (TPSA) is 149 Å². The maximum absolute atomic E-state index is 8.39. The van der Waals surface area contributed by atoms with Gasteiger partial charge in [0.15, 0.2) is 0 Å². The van der Waals surface area contributed by atoms with Gasteiger partial charge in [0.2, 0.25) is 0 Å². The van der Waals surface area contributed by atoms with Crippen LogP contribution in [0.15, 0.2) is 0 Å². The van der Waals surface area contributed by atoms with Crippen LogP contribution in [0.4, 0.5) is 0 Å². The Morgan fingerprint density at radius 2 is 0.818 bits per heavy atom. The van der Waals surface area contributed by atoms with E-state index in [4.69, 9.17) is 33.3 Å². The van der Waals surface area contributed by atoms with Gasteiger partial charge in [0.25, 0.3) is 0 Å². The molecule has 4 radical (unpaired) electrons. The summed E-state index contributed by atoms with van der Waals surface area (Å²) in [4.78, 5) is 16.5. The van der Waals surface area contributed by atoms with Crippen molar-refractivity contribution in [1.29, 1.82) is 0 Å². The average molecular weight is 554 g/mol. The fourth-order valence-electron chi connectivity index (χ4n) is 0. The van der Waals surface area contributed by atoms with Crippen LogP contribution in [-0.4, -0.2) is 63.3 Å². The van der Waals surface area contributed by atoms with Crippen molar-refractivity contribution in [3.05, 3.63) is 30.6 Å². The molecule has 0 heterocycles. The molecule has 60 valence electrons. The fraction of sp³-hybridized carbons (Fsp3) is 0. The van der Waals surface area contributed by atoms with Crippen molar-refractivity contribution in [2.24, 2.45) is 0 Å². The standard InChI is InChI=1S/2NO3.O.2Pb/c2*2-1(3)4;;;/q2*-1;;;+2. The van der Waals surface area contributed by atoms with Crippen LogP contribution in [0.25, 0.3) is 0 Å². The number of rotatable bonds is 0. The first-order valence-corrected chi connectivity index (χ1v) is 2.89. The molecule has 0 rings (SSSR count). The minimum absolute atomic E-state index is 0. The molecule has 0 aromatic carbocycles. The van der Waals surface area contributed by atoms with Crippen molar-refractivity contribution in [3.8, 4) is 0 Å². The monoisotopic (exact) mass is 556 g/mol. The molecule has 11 heteroatoms. The third kappa shape index (κ3) is 333000. The largest absolute Gasteiger partial charge is 2.00 e. The second-order valence-corrected chi connectivity index (χ2v) is 0.447. The number of hydrogen-bond donors (Lipinski definition) is 0. The summed E-state index contributed by atoms with van der Waals surface area (Å²) in [5.74, 6) is 0. The molecule has 0 aromatic rings. The van der Waals surface area contributed by atoms with Gasteiger partial charge in [-0.25, -0.2) is 0 Å². The molecule has 9 nitrogen and oxygen atoms in total. The van der Waals surface area contributed by atoms with Gasteiger partial charge >= 0.3 is 55.8 Å². The Morgan fingerprint density at radius 3 is 0.818 bits per heavy atom. The van der Waals surface area contributed by atoms with Crippen LogP contribution >= 0.6 is 0 Å². The van der Waals surface area contributed by atoms with Gasteiger partial charge in [-0.2, -0.15) is 0 Å². The summed E-state index contributed by atoms with van der Waals surface area (Å²) in [5.41, 5.74) is 0. The molecule has 0 unspecified atom stereocenters. The van der Waals surface area contributed by atoms with E-state index in [9.17, 15) is 0 Å². The van der Waals surface area contributed by atoms with Gasteiger partial charge in [-0.1, -0.05) is 0 Å². The summed E-state index contributed by atoms with van der Waals surface area (Å²) in [6.45, 7) is 0. The molecule has 0 saturated heterocycles. The van der Waals surface area contributed by atoms with Crippen LogP contribution in [0.1, 0.15) is 0 Å².